The summed E-state index contributed by atoms with van der Waals surface area (Å²) >= 11 is 0. The molecule has 2 nitrogen and oxygen atoms in total. The van der Waals surface area contributed by atoms with Crippen LogP contribution in [0.3, 0.4) is 0 Å². The maximum atomic E-state index is 10.3. The lowest BCUT2D eigenvalue weighted by Gasteiger charge is -1.96. The zero-order valence-corrected chi connectivity index (χ0v) is 4.52. The predicted octanol–water partition coefficient (Wildman–Crippen LogP) is 1.02. The van der Waals surface area contributed by atoms with Crippen LogP contribution in [0.5, 0.6) is 0 Å². The highest BCUT2D eigenvalue weighted by Crippen LogP contribution is 1.94. The zero-order chi connectivity index (χ0) is 5.70. The lowest BCUT2D eigenvalue weighted by Crippen LogP contribution is -2.03. The quantitative estimate of drug-likeness (QED) is 0.510. The molecule has 1 atom stereocenters. The Kier molecular flexibility index (Phi) is 4.04. The molecule has 1 unspecified atom stereocenters. The molecule has 0 saturated carbocycles. The van der Waals surface area contributed by atoms with Crippen molar-refractivity contribution < 1.29 is 10.2 Å². The smallest absolute Gasteiger partial charge is 0.0950 e. The van der Waals surface area contributed by atoms with Crippen molar-refractivity contribution in [2.24, 2.45) is 0 Å². The fourth-order valence-corrected chi connectivity index (χ4v) is 0.336. The summed E-state index contributed by atoms with van der Waals surface area (Å²) in [6.45, 7) is 1.58. The Morgan fingerprint density at radius 3 is 2.29 bits per heavy atom. The van der Waals surface area contributed by atoms with Gasteiger partial charge >= 0.3 is 0 Å². The molecule has 0 saturated heterocycles. The van der Waals surface area contributed by atoms with Gasteiger partial charge in [0.1, 0.15) is 0 Å². The Balaban J connectivity index is 2.83. The normalized spacial score (nSPS) is 14.1. The van der Waals surface area contributed by atoms with Gasteiger partial charge in [-0.05, 0) is 6.42 Å². The van der Waals surface area contributed by atoms with Crippen LogP contribution in [-0.4, -0.2) is 12.7 Å². The molecule has 42 valence electrons. The van der Waals surface area contributed by atoms with Crippen molar-refractivity contribution in [2.45, 2.75) is 25.9 Å². The maximum Gasteiger partial charge on any atom is 0.0950 e. The van der Waals surface area contributed by atoms with Gasteiger partial charge in [-0.15, -0.1) is 0 Å². The van der Waals surface area contributed by atoms with E-state index in [1.165, 1.54) is 0 Å². The van der Waals surface area contributed by atoms with Crippen LogP contribution < -0.4 is 0 Å². The molecule has 0 aromatic rings. The molecule has 0 N–H and O–H groups in total. The van der Waals surface area contributed by atoms with Crippen LogP contribution >= 0.6 is 0 Å². The molecule has 0 aliphatic heterocycles. The van der Waals surface area contributed by atoms with Gasteiger partial charge in [0.05, 0.1) is 12.7 Å². The Bertz CT molecular complexity index is 37.1. The SMILES string of the molecule is CCC([O])CC[O]. The average Bonchev–Trinajstić information content (AvgIpc) is 1.68. The third kappa shape index (κ3) is 3.76. The first-order valence-electron chi connectivity index (χ1n) is 2.55. The van der Waals surface area contributed by atoms with E-state index in [1.54, 1.807) is 6.92 Å². The van der Waals surface area contributed by atoms with Crippen molar-refractivity contribution in [1.82, 2.24) is 0 Å². The van der Waals surface area contributed by atoms with Gasteiger partial charge in [0.15, 0.2) is 0 Å². The molecule has 0 aromatic heterocycles. The number of rotatable bonds is 3. The van der Waals surface area contributed by atoms with Crippen LogP contribution in [0.4, 0.5) is 0 Å². The summed E-state index contributed by atoms with van der Waals surface area (Å²) in [6.07, 6.45) is 0.260. The molecule has 0 fully saturated rings. The summed E-state index contributed by atoms with van der Waals surface area (Å²) in [5, 5.41) is 20.0. The van der Waals surface area contributed by atoms with Crippen molar-refractivity contribution in [3.63, 3.8) is 0 Å². The van der Waals surface area contributed by atoms with Crippen LogP contribution in [-0.2, 0) is 10.2 Å². The van der Waals surface area contributed by atoms with Crippen molar-refractivity contribution in [3.8, 4) is 0 Å². The van der Waals surface area contributed by atoms with Crippen molar-refractivity contribution >= 4 is 0 Å². The Morgan fingerprint density at radius 1 is 1.57 bits per heavy atom. The predicted molar refractivity (Wildman–Crippen MR) is 24.9 cm³/mol. The first-order chi connectivity index (χ1) is 3.31. The number of hydrogen-bond donors (Lipinski definition) is 0. The van der Waals surface area contributed by atoms with E-state index >= 15 is 0 Å². The summed E-state index contributed by atoms with van der Waals surface area (Å²) in [5.74, 6) is 0. The van der Waals surface area contributed by atoms with Crippen LogP contribution in [0.2, 0.25) is 0 Å². The highest BCUT2D eigenvalue weighted by atomic mass is 16.3. The van der Waals surface area contributed by atoms with Crippen molar-refractivity contribution in [1.29, 1.82) is 0 Å². The lowest BCUT2D eigenvalue weighted by atomic mass is 10.2. The molecule has 0 aliphatic carbocycles. The van der Waals surface area contributed by atoms with E-state index in [1.807, 2.05) is 0 Å². The molecular formula is C5H10O2. The van der Waals surface area contributed by atoms with Crippen LogP contribution in [0.15, 0.2) is 0 Å². The molecule has 0 heterocycles. The molecule has 0 spiro atoms. The Labute approximate surface area is 43.8 Å². The molecule has 7 heavy (non-hydrogen) atoms. The van der Waals surface area contributed by atoms with Gasteiger partial charge in [0.2, 0.25) is 0 Å². The summed E-state index contributed by atoms with van der Waals surface area (Å²) in [5.41, 5.74) is 0. The minimum absolute atomic E-state index is 0.220. The third-order valence-corrected chi connectivity index (χ3v) is 0.895. The van der Waals surface area contributed by atoms with Gasteiger partial charge in [-0.1, -0.05) is 6.92 Å². The Morgan fingerprint density at radius 2 is 2.14 bits per heavy atom. The topological polar surface area (TPSA) is 39.8 Å². The van der Waals surface area contributed by atoms with Gasteiger partial charge in [-0.2, -0.15) is 0 Å². The fourth-order valence-electron chi connectivity index (χ4n) is 0.336. The minimum atomic E-state index is -0.613. The monoisotopic (exact) mass is 102 g/mol. The van der Waals surface area contributed by atoms with E-state index < -0.39 is 6.10 Å². The molecule has 2 heteroatoms. The average molecular weight is 102 g/mol. The van der Waals surface area contributed by atoms with E-state index in [4.69, 9.17) is 0 Å². The van der Waals surface area contributed by atoms with E-state index in [0.29, 0.717) is 6.42 Å². The third-order valence-electron chi connectivity index (χ3n) is 0.895. The van der Waals surface area contributed by atoms with Gasteiger partial charge in [0.25, 0.3) is 0 Å². The van der Waals surface area contributed by atoms with E-state index in [0.717, 1.165) is 0 Å². The minimum Gasteiger partial charge on any atom is -0.237 e. The zero-order valence-electron chi connectivity index (χ0n) is 4.52. The standard InChI is InChI=1S/C5H10O2/c1-2-5(7)3-4-6/h5H,2-4H2,1H3. The molecule has 0 rings (SSSR count). The summed E-state index contributed by atoms with van der Waals surface area (Å²) in [4.78, 5) is 0. The molecular weight excluding hydrogens is 92.1 g/mol. The second kappa shape index (κ2) is 4.09. The van der Waals surface area contributed by atoms with Gasteiger partial charge in [-0.25, -0.2) is 10.2 Å². The maximum absolute atomic E-state index is 10.3. The van der Waals surface area contributed by atoms with E-state index in [2.05, 4.69) is 0 Å². The summed E-state index contributed by atoms with van der Waals surface area (Å²) in [7, 11) is 0. The summed E-state index contributed by atoms with van der Waals surface area (Å²) in [6, 6.07) is 0. The van der Waals surface area contributed by atoms with E-state index in [9.17, 15) is 10.2 Å². The highest BCUT2D eigenvalue weighted by molar-refractivity contribution is 4.47. The summed E-state index contributed by atoms with van der Waals surface area (Å²) < 4.78 is 0. The van der Waals surface area contributed by atoms with Gasteiger partial charge < -0.3 is 0 Å². The van der Waals surface area contributed by atoms with Gasteiger partial charge in [0, 0.05) is 6.42 Å². The fraction of sp³-hybridized carbons (Fsp3) is 1.00. The van der Waals surface area contributed by atoms with Crippen LogP contribution in [0.1, 0.15) is 19.8 Å². The number of hydrogen-bond acceptors (Lipinski definition) is 0. The molecule has 2 radical (unpaired) electrons. The van der Waals surface area contributed by atoms with E-state index in [-0.39, 0.29) is 13.0 Å². The molecule has 0 bridgehead atoms. The van der Waals surface area contributed by atoms with Crippen molar-refractivity contribution in [2.75, 3.05) is 6.61 Å². The largest absolute Gasteiger partial charge is 0.237 e. The van der Waals surface area contributed by atoms with Crippen LogP contribution in [0, 0.1) is 0 Å². The first-order valence-corrected chi connectivity index (χ1v) is 2.55. The lowest BCUT2D eigenvalue weighted by molar-refractivity contribution is 0.0479. The van der Waals surface area contributed by atoms with Crippen molar-refractivity contribution in [3.05, 3.63) is 0 Å². The van der Waals surface area contributed by atoms with Crippen LogP contribution in [0.25, 0.3) is 0 Å². The highest BCUT2D eigenvalue weighted by Gasteiger charge is 1.98. The molecule has 0 amide bonds. The van der Waals surface area contributed by atoms with Gasteiger partial charge in [-0.3, -0.25) is 0 Å². The second-order valence-electron chi connectivity index (χ2n) is 1.52. The molecule has 0 aliphatic rings. The molecule has 0 aromatic carbocycles. The Hall–Kier alpha value is -0.0800. The second-order valence-corrected chi connectivity index (χ2v) is 1.52. The first kappa shape index (κ1) is 6.92.